The maximum atomic E-state index is 5.10. The van der Waals surface area contributed by atoms with Crippen LogP contribution in [-0.4, -0.2) is 16.2 Å². The van der Waals surface area contributed by atoms with Gasteiger partial charge in [0.05, 0.1) is 11.2 Å². The minimum atomic E-state index is -0.124. The summed E-state index contributed by atoms with van der Waals surface area (Å²) in [5.74, 6) is 0.697. The van der Waals surface area contributed by atoms with Gasteiger partial charge in [0.1, 0.15) is 6.17 Å². The normalized spacial score (nSPS) is 14.2. The molecule has 1 atom stereocenters. The van der Waals surface area contributed by atoms with Crippen molar-refractivity contribution in [1.82, 2.24) is 9.97 Å². The third kappa shape index (κ3) is 4.02. The maximum Gasteiger partial charge on any atom is 0.160 e. The van der Waals surface area contributed by atoms with E-state index in [1.165, 1.54) is 11.1 Å². The largest absolute Gasteiger partial charge is 0.359 e. The molecule has 1 aromatic heterocycles. The zero-order chi connectivity index (χ0) is 25.3. The van der Waals surface area contributed by atoms with Gasteiger partial charge in [-0.2, -0.15) is 0 Å². The van der Waals surface area contributed by atoms with Crippen LogP contribution in [-0.2, 0) is 0 Å². The second-order valence-electron chi connectivity index (χ2n) is 9.36. The van der Waals surface area contributed by atoms with E-state index in [1.807, 2.05) is 48.7 Å². The molecule has 7 rings (SSSR count). The zero-order valence-corrected chi connectivity index (χ0v) is 20.6. The van der Waals surface area contributed by atoms with Gasteiger partial charge in [0.15, 0.2) is 5.82 Å². The Balaban J connectivity index is 1.37. The number of hydrogen-bond acceptors (Lipinski definition) is 4. The van der Waals surface area contributed by atoms with Crippen molar-refractivity contribution in [2.45, 2.75) is 6.17 Å². The van der Waals surface area contributed by atoms with Crippen LogP contribution in [0.25, 0.3) is 44.7 Å². The Bertz CT molecular complexity index is 1760. The van der Waals surface area contributed by atoms with Crippen LogP contribution in [0.5, 0.6) is 0 Å². The molecule has 1 aliphatic heterocycles. The number of anilines is 1. The molecule has 1 aliphatic rings. The highest BCUT2D eigenvalue weighted by atomic mass is 15.1. The zero-order valence-electron chi connectivity index (χ0n) is 20.6. The van der Waals surface area contributed by atoms with Gasteiger partial charge in [-0.1, -0.05) is 115 Å². The Morgan fingerprint density at radius 2 is 1.13 bits per heavy atom. The van der Waals surface area contributed by atoms with Gasteiger partial charge in [-0.05, 0) is 28.8 Å². The molecule has 4 heteroatoms. The first-order valence-corrected chi connectivity index (χ1v) is 12.7. The molecular formula is C34H24N4. The van der Waals surface area contributed by atoms with Crippen molar-refractivity contribution in [3.63, 3.8) is 0 Å². The monoisotopic (exact) mass is 488 g/mol. The van der Waals surface area contributed by atoms with Crippen LogP contribution < -0.4 is 5.32 Å². The van der Waals surface area contributed by atoms with Crippen LogP contribution in [0.2, 0.25) is 0 Å². The number of nitrogens with one attached hydrogen (secondary N) is 1. The molecule has 1 N–H and O–H groups in total. The molecule has 0 saturated carbocycles. The van der Waals surface area contributed by atoms with Crippen LogP contribution in [0.15, 0.2) is 132 Å². The van der Waals surface area contributed by atoms with Gasteiger partial charge in [0, 0.05) is 34.0 Å². The Labute approximate surface area is 221 Å². The second kappa shape index (κ2) is 9.41. The van der Waals surface area contributed by atoms with Crippen molar-refractivity contribution >= 4 is 22.8 Å². The third-order valence-corrected chi connectivity index (χ3v) is 6.97. The van der Waals surface area contributed by atoms with Gasteiger partial charge in [-0.25, -0.2) is 9.97 Å². The van der Waals surface area contributed by atoms with E-state index in [0.29, 0.717) is 5.82 Å². The molecule has 0 fully saturated rings. The van der Waals surface area contributed by atoms with Gasteiger partial charge < -0.3 is 5.32 Å². The fourth-order valence-corrected chi connectivity index (χ4v) is 5.00. The van der Waals surface area contributed by atoms with Crippen molar-refractivity contribution < 1.29 is 0 Å². The summed E-state index contributed by atoms with van der Waals surface area (Å²) in [4.78, 5) is 15.0. The lowest BCUT2D eigenvalue weighted by atomic mass is 10.00. The van der Waals surface area contributed by atoms with Crippen molar-refractivity contribution in [1.29, 1.82) is 0 Å². The van der Waals surface area contributed by atoms with Gasteiger partial charge >= 0.3 is 0 Å². The fourth-order valence-electron chi connectivity index (χ4n) is 5.00. The summed E-state index contributed by atoms with van der Waals surface area (Å²) in [5.41, 5.74) is 9.32. The summed E-state index contributed by atoms with van der Waals surface area (Å²) in [6.45, 7) is 0. The predicted molar refractivity (Wildman–Crippen MR) is 156 cm³/mol. The van der Waals surface area contributed by atoms with E-state index in [2.05, 4.69) is 90.2 Å². The summed E-state index contributed by atoms with van der Waals surface area (Å²) >= 11 is 0. The minimum Gasteiger partial charge on any atom is -0.359 e. The highest BCUT2D eigenvalue weighted by molar-refractivity contribution is 6.08. The highest BCUT2D eigenvalue weighted by Crippen LogP contribution is 2.36. The number of aromatic nitrogens is 2. The minimum absolute atomic E-state index is 0.124. The van der Waals surface area contributed by atoms with E-state index in [1.54, 1.807) is 0 Å². The molecule has 0 radical (unpaired) electrons. The molecule has 6 aromatic rings. The number of rotatable bonds is 4. The number of hydrogen-bond donors (Lipinski definition) is 1. The van der Waals surface area contributed by atoms with E-state index >= 15 is 0 Å². The highest BCUT2D eigenvalue weighted by Gasteiger charge is 2.21. The summed E-state index contributed by atoms with van der Waals surface area (Å²) in [7, 11) is 0. The lowest BCUT2D eigenvalue weighted by Crippen LogP contribution is -2.15. The van der Waals surface area contributed by atoms with Crippen LogP contribution in [0, 0.1) is 0 Å². The average molecular weight is 489 g/mol. The molecule has 0 bridgehead atoms. The smallest absolute Gasteiger partial charge is 0.160 e. The van der Waals surface area contributed by atoms with Crippen LogP contribution >= 0.6 is 0 Å². The van der Waals surface area contributed by atoms with Gasteiger partial charge in [-0.15, -0.1) is 0 Å². The van der Waals surface area contributed by atoms with E-state index in [4.69, 9.17) is 15.0 Å². The topological polar surface area (TPSA) is 50.2 Å². The van der Waals surface area contributed by atoms with E-state index < -0.39 is 0 Å². The van der Waals surface area contributed by atoms with Gasteiger partial charge in [-0.3, -0.25) is 4.99 Å². The predicted octanol–water partition coefficient (Wildman–Crippen LogP) is 8.17. The number of benzene rings is 5. The lowest BCUT2D eigenvalue weighted by molar-refractivity contribution is 0.834. The van der Waals surface area contributed by atoms with Gasteiger partial charge in [0.2, 0.25) is 0 Å². The molecule has 2 heterocycles. The number of fused-ring (bicyclic) bond motifs is 3. The molecular weight excluding hydrogens is 464 g/mol. The summed E-state index contributed by atoms with van der Waals surface area (Å²) in [6, 6.07) is 43.7. The molecule has 0 amide bonds. The standard InChI is InChI=1S/C34H24N4/c1-4-10-23(11-5-1)24-16-18-27(19-17-24)34-37-31(25-12-6-2-7-13-25)28-20-21-30-29(32(28)38-34)22-35-33(36-30)26-14-8-3-9-15-26/h1-22,33,36H. The van der Waals surface area contributed by atoms with E-state index in [-0.39, 0.29) is 6.17 Å². The van der Waals surface area contributed by atoms with Crippen LogP contribution in [0.3, 0.4) is 0 Å². The summed E-state index contributed by atoms with van der Waals surface area (Å²) < 4.78 is 0. The molecule has 0 saturated heterocycles. The SMILES string of the molecule is C1=NC(c2ccccc2)Nc2ccc3c(-c4ccccc4)nc(-c4ccc(-c5ccccc5)cc4)nc3c21. The third-order valence-electron chi connectivity index (χ3n) is 6.97. The molecule has 0 spiro atoms. The van der Waals surface area contributed by atoms with E-state index in [9.17, 15) is 0 Å². The van der Waals surface area contributed by atoms with Crippen molar-refractivity contribution in [3.05, 3.63) is 139 Å². The Morgan fingerprint density at radius 3 is 1.84 bits per heavy atom. The summed E-state index contributed by atoms with van der Waals surface area (Å²) in [6.07, 6.45) is 1.83. The maximum absolute atomic E-state index is 5.10. The number of nitrogens with zero attached hydrogens (tertiary/aromatic N) is 3. The van der Waals surface area contributed by atoms with Gasteiger partial charge in [0.25, 0.3) is 0 Å². The first kappa shape index (κ1) is 22.1. The molecule has 0 aliphatic carbocycles. The quantitative estimate of drug-likeness (QED) is 0.272. The molecule has 180 valence electrons. The van der Waals surface area contributed by atoms with Crippen LogP contribution in [0.4, 0.5) is 5.69 Å². The Morgan fingerprint density at radius 1 is 0.526 bits per heavy atom. The van der Waals surface area contributed by atoms with Crippen LogP contribution in [0.1, 0.15) is 17.3 Å². The van der Waals surface area contributed by atoms with Crippen molar-refractivity contribution in [2.75, 3.05) is 5.32 Å². The van der Waals surface area contributed by atoms with Crippen molar-refractivity contribution in [2.24, 2.45) is 4.99 Å². The number of aliphatic imine (C=N–C) groups is 1. The summed E-state index contributed by atoms with van der Waals surface area (Å²) in [5, 5.41) is 4.60. The Hall–Kier alpha value is -5.09. The molecule has 1 unspecified atom stereocenters. The second-order valence-corrected chi connectivity index (χ2v) is 9.36. The average Bonchev–Trinajstić information content (AvgIpc) is 3.01. The lowest BCUT2D eigenvalue weighted by Gasteiger charge is -2.23. The Kier molecular flexibility index (Phi) is 5.48. The first-order valence-electron chi connectivity index (χ1n) is 12.7. The fraction of sp³-hybridized carbons (Fsp3) is 0.0294. The van der Waals surface area contributed by atoms with E-state index in [0.717, 1.165) is 44.5 Å². The molecule has 4 nitrogen and oxygen atoms in total. The first-order chi connectivity index (χ1) is 18.8. The van der Waals surface area contributed by atoms with Crippen molar-refractivity contribution in [3.8, 4) is 33.8 Å². The molecule has 5 aromatic carbocycles. The molecule has 38 heavy (non-hydrogen) atoms.